The normalized spacial score (nSPS) is 25.7. The first kappa shape index (κ1) is 7.18. The summed E-state index contributed by atoms with van der Waals surface area (Å²) in [6, 6.07) is 0. The number of piperidine rings is 1. The molecule has 1 rings (SSSR count). The highest BCUT2D eigenvalue weighted by molar-refractivity contribution is 4.68. The van der Waals surface area contributed by atoms with Gasteiger partial charge in [-0.25, -0.2) is 5.01 Å². The molecule has 5 nitrogen and oxygen atoms in total. The molecule has 1 fully saturated rings. The molecule has 1 heterocycles. The molecule has 0 aliphatic carbocycles. The molecule has 0 bridgehead atoms. The maximum atomic E-state index is 9.08. The third-order valence-electron chi connectivity index (χ3n) is 1.54. The van der Waals surface area contributed by atoms with Crippen molar-refractivity contribution in [2.45, 2.75) is 18.9 Å². The highest BCUT2D eigenvalue weighted by Gasteiger charge is 2.18. The maximum absolute atomic E-state index is 9.08. The molecule has 1 unspecified atom stereocenters. The number of rotatable bonds is 1. The Morgan fingerprint density at radius 3 is 3.10 bits per heavy atom. The first-order valence-corrected chi connectivity index (χ1v) is 3.31. The fourth-order valence-corrected chi connectivity index (χ4v) is 1.07. The van der Waals surface area contributed by atoms with Crippen LogP contribution in [0.1, 0.15) is 12.8 Å². The molecule has 1 aliphatic heterocycles. The lowest BCUT2D eigenvalue weighted by Gasteiger charge is -2.22. The zero-order chi connectivity index (χ0) is 7.40. The number of hydrogen-bond donors (Lipinski definition) is 1. The first-order valence-electron chi connectivity index (χ1n) is 3.31. The van der Waals surface area contributed by atoms with Crippen molar-refractivity contribution < 1.29 is 5.11 Å². The topological polar surface area (TPSA) is 72.2 Å². The van der Waals surface area contributed by atoms with E-state index >= 15 is 0 Å². The van der Waals surface area contributed by atoms with Crippen LogP contribution in [0, 0.1) is 0 Å². The molecule has 1 atom stereocenters. The predicted octanol–water partition coefficient (Wildman–Crippen LogP) is 0.668. The second-order valence-electron chi connectivity index (χ2n) is 2.39. The van der Waals surface area contributed by atoms with Crippen molar-refractivity contribution in [2.75, 3.05) is 13.1 Å². The smallest absolute Gasteiger partial charge is 0.114 e. The molecule has 1 saturated heterocycles. The number of aliphatic hydroxyl groups excluding tert-OH is 1. The lowest BCUT2D eigenvalue weighted by atomic mass is 10.1. The summed E-state index contributed by atoms with van der Waals surface area (Å²) < 4.78 is 0. The molecular weight excluding hydrogens is 132 g/mol. The van der Waals surface area contributed by atoms with Gasteiger partial charge in [-0.1, -0.05) is 0 Å². The van der Waals surface area contributed by atoms with Crippen LogP contribution >= 0.6 is 0 Å². The number of azide groups is 1. The molecule has 10 heavy (non-hydrogen) atoms. The van der Waals surface area contributed by atoms with Gasteiger partial charge in [0.2, 0.25) is 0 Å². The van der Waals surface area contributed by atoms with Gasteiger partial charge >= 0.3 is 0 Å². The molecule has 1 aliphatic rings. The van der Waals surface area contributed by atoms with Crippen LogP contribution in [-0.2, 0) is 0 Å². The van der Waals surface area contributed by atoms with Crippen LogP contribution in [0.25, 0.3) is 10.4 Å². The number of nitrogens with zero attached hydrogens (tertiary/aromatic N) is 4. The Kier molecular flexibility index (Phi) is 2.36. The molecule has 0 aromatic carbocycles. The van der Waals surface area contributed by atoms with E-state index in [0.717, 1.165) is 19.4 Å². The van der Waals surface area contributed by atoms with Gasteiger partial charge in [0.05, 0.1) is 12.6 Å². The number of β-amino-alcohol motifs (C(OH)–C–C–N with tert-alkyl or cyclic N) is 1. The second kappa shape index (κ2) is 3.29. The molecule has 0 aromatic rings. The molecule has 0 amide bonds. The summed E-state index contributed by atoms with van der Waals surface area (Å²) in [7, 11) is 0. The Labute approximate surface area is 58.9 Å². The van der Waals surface area contributed by atoms with Crippen LogP contribution in [0.3, 0.4) is 0 Å². The molecule has 56 valence electrons. The SMILES string of the molecule is [N-]=[N+]=NN1CCCC(O)C1. The van der Waals surface area contributed by atoms with Gasteiger partial charge in [-0.15, -0.1) is 5.53 Å². The summed E-state index contributed by atoms with van der Waals surface area (Å²) in [5.74, 6) is 0. The van der Waals surface area contributed by atoms with E-state index in [-0.39, 0.29) is 6.10 Å². The molecular formula is C5H10N4O. The first-order chi connectivity index (χ1) is 4.83. The highest BCUT2D eigenvalue weighted by atomic mass is 16.3. The standard InChI is InChI=1S/C5H10N4O/c6-7-8-9-3-1-2-5(10)4-9/h5,10H,1-4H2. The lowest BCUT2D eigenvalue weighted by Crippen LogP contribution is -2.34. The minimum atomic E-state index is -0.320. The lowest BCUT2D eigenvalue weighted by molar-refractivity contribution is 0.0712. The van der Waals surface area contributed by atoms with E-state index in [1.807, 2.05) is 0 Å². The van der Waals surface area contributed by atoms with Crippen LogP contribution in [0.15, 0.2) is 5.22 Å². The molecule has 0 saturated carbocycles. The van der Waals surface area contributed by atoms with E-state index in [2.05, 4.69) is 10.1 Å². The van der Waals surface area contributed by atoms with Gasteiger partial charge in [0.1, 0.15) is 6.54 Å². The molecule has 0 radical (unpaired) electrons. The van der Waals surface area contributed by atoms with E-state index in [0.29, 0.717) is 6.54 Å². The average Bonchev–Trinajstić information content (AvgIpc) is 1.88. The quantitative estimate of drug-likeness (QED) is 0.332. The number of aliphatic hydroxyl groups is 1. The molecule has 0 spiro atoms. The van der Waals surface area contributed by atoms with Crippen LogP contribution in [0.4, 0.5) is 0 Å². The summed E-state index contributed by atoms with van der Waals surface area (Å²) in [6.07, 6.45) is 1.40. The molecule has 1 N–H and O–H groups in total. The third kappa shape index (κ3) is 1.79. The summed E-state index contributed by atoms with van der Waals surface area (Å²) in [6.45, 7) is 1.24. The minimum absolute atomic E-state index is 0.320. The summed E-state index contributed by atoms with van der Waals surface area (Å²) in [5.41, 5.74) is 8.04. The van der Waals surface area contributed by atoms with Crippen molar-refractivity contribution in [2.24, 2.45) is 5.22 Å². The van der Waals surface area contributed by atoms with Crippen molar-refractivity contribution in [1.29, 1.82) is 0 Å². The van der Waals surface area contributed by atoms with Crippen molar-refractivity contribution in [1.82, 2.24) is 5.01 Å². The van der Waals surface area contributed by atoms with Crippen molar-refractivity contribution >= 4 is 0 Å². The van der Waals surface area contributed by atoms with Gasteiger partial charge in [0, 0.05) is 0 Å². The minimum Gasteiger partial charge on any atom is -0.389 e. The Hall–Kier alpha value is -0.930. The second-order valence-corrected chi connectivity index (χ2v) is 2.39. The zero-order valence-electron chi connectivity index (χ0n) is 5.64. The van der Waals surface area contributed by atoms with Crippen LogP contribution in [0.2, 0.25) is 0 Å². The third-order valence-corrected chi connectivity index (χ3v) is 1.54. The Bertz CT molecular complexity index is 154. The van der Waals surface area contributed by atoms with Crippen molar-refractivity contribution in [3.05, 3.63) is 10.4 Å². The van der Waals surface area contributed by atoms with Crippen molar-refractivity contribution in [3.8, 4) is 0 Å². The van der Waals surface area contributed by atoms with Gasteiger partial charge in [0.25, 0.3) is 0 Å². The van der Waals surface area contributed by atoms with Crippen LogP contribution in [0.5, 0.6) is 0 Å². The van der Waals surface area contributed by atoms with Crippen LogP contribution < -0.4 is 0 Å². The Morgan fingerprint density at radius 2 is 2.50 bits per heavy atom. The van der Waals surface area contributed by atoms with E-state index in [9.17, 15) is 0 Å². The average molecular weight is 142 g/mol. The van der Waals surface area contributed by atoms with E-state index in [1.54, 1.807) is 5.01 Å². The Balaban J connectivity index is 2.39. The highest BCUT2D eigenvalue weighted by Crippen LogP contribution is 2.09. The van der Waals surface area contributed by atoms with Crippen molar-refractivity contribution in [3.63, 3.8) is 0 Å². The summed E-state index contributed by atoms with van der Waals surface area (Å²) >= 11 is 0. The zero-order valence-corrected chi connectivity index (χ0v) is 5.64. The van der Waals surface area contributed by atoms with Gasteiger partial charge in [0.15, 0.2) is 0 Å². The molecule has 0 aromatic heterocycles. The molecule has 5 heteroatoms. The largest absolute Gasteiger partial charge is 0.389 e. The Morgan fingerprint density at radius 1 is 1.70 bits per heavy atom. The predicted molar refractivity (Wildman–Crippen MR) is 36.0 cm³/mol. The fourth-order valence-electron chi connectivity index (χ4n) is 1.07. The summed E-state index contributed by atoms with van der Waals surface area (Å²) in [5, 5.41) is 14.0. The fraction of sp³-hybridized carbons (Fsp3) is 1.00. The van der Waals surface area contributed by atoms with Gasteiger partial charge in [-0.3, -0.25) is 0 Å². The van der Waals surface area contributed by atoms with Gasteiger partial charge in [-0.2, -0.15) is 4.91 Å². The van der Waals surface area contributed by atoms with E-state index in [1.165, 1.54) is 0 Å². The summed E-state index contributed by atoms with van der Waals surface area (Å²) in [4.78, 5) is 2.63. The van der Waals surface area contributed by atoms with E-state index in [4.69, 9.17) is 10.6 Å². The van der Waals surface area contributed by atoms with E-state index < -0.39 is 0 Å². The number of hydrogen-bond acceptors (Lipinski definition) is 2. The van der Waals surface area contributed by atoms with Gasteiger partial charge in [-0.05, 0) is 18.1 Å². The monoisotopic (exact) mass is 142 g/mol. The maximum Gasteiger partial charge on any atom is 0.114 e. The van der Waals surface area contributed by atoms with Crippen LogP contribution in [-0.4, -0.2) is 29.3 Å². The van der Waals surface area contributed by atoms with Gasteiger partial charge < -0.3 is 5.11 Å².